The molecule has 1 N–H and O–H groups in total. The Kier molecular flexibility index (Phi) is 3.82. The minimum absolute atomic E-state index is 0.0204. The van der Waals surface area contributed by atoms with Gasteiger partial charge in [-0.05, 0) is 6.07 Å². The van der Waals surface area contributed by atoms with Crippen LogP contribution in [-0.2, 0) is 0 Å². The largest absolute Gasteiger partial charge is 0.496 e. The number of nitrogens with zero attached hydrogens (tertiary/aromatic N) is 1. The van der Waals surface area contributed by atoms with Gasteiger partial charge in [-0.25, -0.2) is 0 Å². The molecule has 0 aliphatic rings. The Labute approximate surface area is 86.8 Å². The fourth-order valence-electron chi connectivity index (χ4n) is 1.13. The maximum absolute atomic E-state index is 10.5. The summed E-state index contributed by atoms with van der Waals surface area (Å²) in [5, 5.41) is 19.1. The highest BCUT2D eigenvalue weighted by atomic mass is 16.6. The van der Waals surface area contributed by atoms with Crippen molar-refractivity contribution in [1.82, 2.24) is 0 Å². The number of aliphatic hydroxyl groups is 1. The van der Waals surface area contributed by atoms with Crippen molar-refractivity contribution >= 4 is 11.8 Å². The molecule has 5 nitrogen and oxygen atoms in total. The first kappa shape index (κ1) is 11.2. The molecule has 0 atom stereocenters. The molecule has 0 amide bonds. The molecule has 80 valence electrons. The summed E-state index contributed by atoms with van der Waals surface area (Å²) in [6.07, 6.45) is 3.17. The zero-order valence-corrected chi connectivity index (χ0v) is 8.21. The van der Waals surface area contributed by atoms with Crippen molar-refractivity contribution in [3.63, 3.8) is 0 Å². The fraction of sp³-hybridized carbons (Fsp3) is 0.200. The molecule has 0 spiro atoms. The highest BCUT2D eigenvalue weighted by molar-refractivity contribution is 5.60. The molecule has 0 bridgehead atoms. The maximum atomic E-state index is 10.5. The summed E-state index contributed by atoms with van der Waals surface area (Å²) in [5.74, 6) is 0.411. The highest BCUT2D eigenvalue weighted by Crippen LogP contribution is 2.25. The van der Waals surface area contributed by atoms with Gasteiger partial charge in [0.05, 0.1) is 24.7 Å². The van der Waals surface area contributed by atoms with Gasteiger partial charge in [0.2, 0.25) is 0 Å². The number of hydrogen-bond donors (Lipinski definition) is 1. The molecule has 0 aliphatic heterocycles. The Morgan fingerprint density at radius 3 is 2.87 bits per heavy atom. The van der Waals surface area contributed by atoms with Gasteiger partial charge in [-0.1, -0.05) is 12.2 Å². The van der Waals surface area contributed by atoms with E-state index < -0.39 is 4.92 Å². The van der Waals surface area contributed by atoms with Gasteiger partial charge in [0.1, 0.15) is 5.75 Å². The van der Waals surface area contributed by atoms with Crippen LogP contribution in [0.15, 0.2) is 24.3 Å². The molecule has 0 radical (unpaired) electrons. The molecular weight excluding hydrogens is 198 g/mol. The van der Waals surface area contributed by atoms with Gasteiger partial charge in [0.25, 0.3) is 5.69 Å². The summed E-state index contributed by atoms with van der Waals surface area (Å²) in [5.41, 5.74) is 0.671. The number of hydrogen-bond acceptors (Lipinski definition) is 4. The minimum Gasteiger partial charge on any atom is -0.496 e. The third-order valence-corrected chi connectivity index (χ3v) is 1.83. The van der Waals surface area contributed by atoms with Crippen molar-refractivity contribution in [2.75, 3.05) is 13.7 Å². The van der Waals surface area contributed by atoms with Crippen LogP contribution >= 0.6 is 0 Å². The maximum Gasteiger partial charge on any atom is 0.273 e. The summed E-state index contributed by atoms with van der Waals surface area (Å²) < 4.78 is 5.00. The van der Waals surface area contributed by atoms with Crippen molar-refractivity contribution in [1.29, 1.82) is 0 Å². The average Bonchev–Trinajstić information content (AvgIpc) is 2.25. The van der Waals surface area contributed by atoms with Crippen molar-refractivity contribution in [3.8, 4) is 5.75 Å². The number of non-ortho nitro benzene ring substituents is 1. The summed E-state index contributed by atoms with van der Waals surface area (Å²) in [6, 6.07) is 4.31. The normalized spacial score (nSPS) is 10.5. The van der Waals surface area contributed by atoms with Gasteiger partial charge in [0.15, 0.2) is 0 Å². The Hall–Kier alpha value is -1.88. The smallest absolute Gasteiger partial charge is 0.273 e. The van der Waals surface area contributed by atoms with Gasteiger partial charge in [-0.2, -0.15) is 0 Å². The predicted octanol–water partition coefficient (Wildman–Crippen LogP) is 1.61. The molecule has 0 fully saturated rings. The molecule has 1 aromatic rings. The van der Waals surface area contributed by atoms with Crippen LogP contribution < -0.4 is 4.74 Å². The zero-order valence-electron chi connectivity index (χ0n) is 8.21. The minimum atomic E-state index is -0.484. The first-order valence-electron chi connectivity index (χ1n) is 4.29. The van der Waals surface area contributed by atoms with E-state index in [1.54, 1.807) is 12.1 Å². The molecule has 0 saturated carbocycles. The Morgan fingerprint density at radius 1 is 1.60 bits per heavy atom. The van der Waals surface area contributed by atoms with Crippen LogP contribution in [0.5, 0.6) is 5.75 Å². The summed E-state index contributed by atoms with van der Waals surface area (Å²) in [4.78, 5) is 10.0. The van der Waals surface area contributed by atoms with E-state index in [2.05, 4.69) is 0 Å². The quantitative estimate of drug-likeness (QED) is 0.604. The van der Waals surface area contributed by atoms with Crippen molar-refractivity contribution in [2.24, 2.45) is 0 Å². The van der Waals surface area contributed by atoms with Gasteiger partial charge >= 0.3 is 0 Å². The number of nitro benzene ring substituents is 1. The molecule has 1 aromatic carbocycles. The van der Waals surface area contributed by atoms with E-state index in [0.29, 0.717) is 11.3 Å². The second-order valence-corrected chi connectivity index (χ2v) is 2.77. The Balaban J connectivity index is 3.09. The SMILES string of the molecule is COc1cc([N+](=O)[O-])ccc1/C=C/CO. The van der Waals surface area contributed by atoms with E-state index in [1.807, 2.05) is 0 Å². The average molecular weight is 209 g/mol. The third kappa shape index (κ3) is 2.78. The van der Waals surface area contributed by atoms with Crippen LogP contribution in [0.3, 0.4) is 0 Å². The molecule has 0 saturated heterocycles. The van der Waals surface area contributed by atoms with Crippen molar-refractivity contribution in [2.45, 2.75) is 0 Å². The highest BCUT2D eigenvalue weighted by Gasteiger charge is 2.09. The third-order valence-electron chi connectivity index (χ3n) is 1.83. The monoisotopic (exact) mass is 209 g/mol. The molecule has 0 heterocycles. The lowest BCUT2D eigenvalue weighted by Gasteiger charge is -2.03. The Morgan fingerprint density at radius 2 is 2.33 bits per heavy atom. The molecule has 15 heavy (non-hydrogen) atoms. The molecule has 0 aliphatic carbocycles. The van der Waals surface area contributed by atoms with Crippen LogP contribution in [0.4, 0.5) is 5.69 Å². The number of ether oxygens (including phenoxy) is 1. The van der Waals surface area contributed by atoms with E-state index in [4.69, 9.17) is 9.84 Å². The first-order valence-corrected chi connectivity index (χ1v) is 4.29. The van der Waals surface area contributed by atoms with Gasteiger partial charge in [-0.3, -0.25) is 10.1 Å². The molecule has 0 aromatic heterocycles. The van der Waals surface area contributed by atoms with Crippen LogP contribution in [0.2, 0.25) is 0 Å². The van der Waals surface area contributed by atoms with E-state index in [9.17, 15) is 10.1 Å². The number of rotatable bonds is 4. The van der Waals surface area contributed by atoms with Crippen LogP contribution in [0.1, 0.15) is 5.56 Å². The van der Waals surface area contributed by atoms with Gasteiger partial charge in [0, 0.05) is 11.6 Å². The summed E-state index contributed by atoms with van der Waals surface area (Å²) in [7, 11) is 1.44. The zero-order chi connectivity index (χ0) is 11.3. The van der Waals surface area contributed by atoms with Crippen molar-refractivity contribution in [3.05, 3.63) is 40.0 Å². The molecule has 0 unspecified atom stereocenters. The van der Waals surface area contributed by atoms with Gasteiger partial charge in [-0.15, -0.1) is 0 Å². The standard InChI is InChI=1S/C10H11NO4/c1-15-10-7-9(11(13)14)5-4-8(10)3-2-6-12/h2-5,7,12H,6H2,1H3/b3-2+. The second-order valence-electron chi connectivity index (χ2n) is 2.77. The number of nitro groups is 1. The van der Waals surface area contributed by atoms with Crippen LogP contribution in [0, 0.1) is 10.1 Å². The molecular formula is C10H11NO4. The Bertz CT molecular complexity index is 387. The lowest BCUT2D eigenvalue weighted by atomic mass is 10.1. The van der Waals surface area contributed by atoms with E-state index >= 15 is 0 Å². The number of methoxy groups -OCH3 is 1. The first-order chi connectivity index (χ1) is 7.19. The number of benzene rings is 1. The number of aliphatic hydroxyl groups excluding tert-OH is 1. The lowest BCUT2D eigenvalue weighted by molar-refractivity contribution is -0.384. The lowest BCUT2D eigenvalue weighted by Crippen LogP contribution is -1.92. The van der Waals surface area contributed by atoms with E-state index in [-0.39, 0.29) is 12.3 Å². The van der Waals surface area contributed by atoms with Gasteiger partial charge < -0.3 is 9.84 Å². The van der Waals surface area contributed by atoms with Crippen molar-refractivity contribution < 1.29 is 14.8 Å². The molecule has 5 heteroatoms. The molecule has 1 rings (SSSR count). The van der Waals surface area contributed by atoms with Crippen LogP contribution in [0.25, 0.3) is 6.08 Å². The van der Waals surface area contributed by atoms with E-state index in [0.717, 1.165) is 0 Å². The van der Waals surface area contributed by atoms with Crippen LogP contribution in [-0.4, -0.2) is 23.7 Å². The van der Waals surface area contributed by atoms with E-state index in [1.165, 1.54) is 25.3 Å². The predicted molar refractivity (Wildman–Crippen MR) is 55.8 cm³/mol. The topological polar surface area (TPSA) is 72.6 Å². The fourth-order valence-corrected chi connectivity index (χ4v) is 1.13. The summed E-state index contributed by atoms with van der Waals surface area (Å²) >= 11 is 0. The second kappa shape index (κ2) is 5.11. The summed E-state index contributed by atoms with van der Waals surface area (Å²) in [6.45, 7) is -0.0832.